The van der Waals surface area contributed by atoms with E-state index in [-0.39, 0.29) is 22.9 Å². The summed E-state index contributed by atoms with van der Waals surface area (Å²) in [6.07, 6.45) is 1.25. The van der Waals surface area contributed by atoms with Crippen LogP contribution in [0.4, 0.5) is 15.9 Å². The van der Waals surface area contributed by atoms with E-state index in [0.29, 0.717) is 5.75 Å². The molecule has 9 heteroatoms. The summed E-state index contributed by atoms with van der Waals surface area (Å²) in [5.74, 6) is -0.0500. The zero-order valence-corrected chi connectivity index (χ0v) is 14.8. The zero-order valence-electron chi connectivity index (χ0n) is 13.2. The fourth-order valence-corrected chi connectivity index (χ4v) is 2.23. The van der Waals surface area contributed by atoms with Crippen LogP contribution in [0.15, 0.2) is 59.3 Å². The molecule has 132 valence electrons. The van der Waals surface area contributed by atoms with Gasteiger partial charge in [0.1, 0.15) is 23.6 Å². The van der Waals surface area contributed by atoms with Gasteiger partial charge in [-0.05, 0) is 48.5 Å². The number of amides is 1. The van der Waals surface area contributed by atoms with Gasteiger partial charge in [0.15, 0.2) is 5.82 Å². The normalized spacial score (nSPS) is 10.2. The van der Waals surface area contributed by atoms with Crippen molar-refractivity contribution in [1.29, 1.82) is 0 Å². The van der Waals surface area contributed by atoms with Crippen LogP contribution in [0.25, 0.3) is 0 Å². The third-order valence-electron chi connectivity index (χ3n) is 3.28. The lowest BCUT2D eigenvalue weighted by atomic mass is 10.2. The van der Waals surface area contributed by atoms with Gasteiger partial charge in [0.2, 0.25) is 5.88 Å². The maximum absolute atomic E-state index is 12.9. The molecule has 0 aliphatic rings. The first-order valence-corrected chi connectivity index (χ1v) is 8.18. The third kappa shape index (κ3) is 4.25. The Bertz CT molecular complexity index is 919. The number of nitrogens with zero attached hydrogens (tertiary/aromatic N) is 2. The van der Waals surface area contributed by atoms with Gasteiger partial charge in [0.25, 0.3) is 5.91 Å². The number of nitrogens with one attached hydrogen (secondary N) is 2. The van der Waals surface area contributed by atoms with Crippen LogP contribution in [0, 0.1) is 5.82 Å². The number of hydrogen-bond acceptors (Lipinski definition) is 6. The highest BCUT2D eigenvalue weighted by atomic mass is 79.9. The molecule has 1 aromatic heterocycles. The van der Waals surface area contributed by atoms with Crippen molar-refractivity contribution in [3.8, 4) is 11.6 Å². The fraction of sp³-hybridized carbons (Fsp3) is 0. The summed E-state index contributed by atoms with van der Waals surface area (Å²) in [4.78, 5) is 20.0. The first-order chi connectivity index (χ1) is 12.5. The van der Waals surface area contributed by atoms with Crippen LogP contribution in [0.2, 0.25) is 0 Å². The van der Waals surface area contributed by atoms with Crippen LogP contribution in [0.5, 0.6) is 11.6 Å². The molecule has 1 heterocycles. The van der Waals surface area contributed by atoms with Crippen LogP contribution in [0.3, 0.4) is 0 Å². The standard InChI is InChI=1S/C17H13BrFN5O2/c18-11-3-7-13(8-4-11)26-17-14(20)15(21-9-22-17)23-24-16(25)10-1-5-12(19)6-2-10/h1-9H,20H2,(H,24,25)(H,21,22,23). The highest BCUT2D eigenvalue weighted by molar-refractivity contribution is 9.10. The molecule has 0 bridgehead atoms. The molecule has 2 aromatic carbocycles. The zero-order chi connectivity index (χ0) is 18.5. The first kappa shape index (κ1) is 17.6. The lowest BCUT2D eigenvalue weighted by Gasteiger charge is -2.12. The average Bonchev–Trinajstić information content (AvgIpc) is 2.64. The number of rotatable bonds is 5. The summed E-state index contributed by atoms with van der Waals surface area (Å²) >= 11 is 3.34. The molecule has 0 saturated carbocycles. The third-order valence-corrected chi connectivity index (χ3v) is 3.81. The molecule has 4 N–H and O–H groups in total. The van der Waals surface area contributed by atoms with Crippen LogP contribution < -0.4 is 21.3 Å². The van der Waals surface area contributed by atoms with E-state index in [1.165, 1.54) is 30.6 Å². The smallest absolute Gasteiger partial charge is 0.269 e. The van der Waals surface area contributed by atoms with E-state index in [4.69, 9.17) is 10.5 Å². The Balaban J connectivity index is 1.69. The van der Waals surface area contributed by atoms with Gasteiger partial charge < -0.3 is 10.5 Å². The average molecular weight is 418 g/mol. The van der Waals surface area contributed by atoms with Crippen molar-refractivity contribution in [1.82, 2.24) is 15.4 Å². The molecule has 0 aliphatic carbocycles. The number of aromatic nitrogens is 2. The van der Waals surface area contributed by atoms with Crippen molar-refractivity contribution in [2.45, 2.75) is 0 Å². The van der Waals surface area contributed by atoms with Crippen molar-refractivity contribution in [2.24, 2.45) is 0 Å². The molecule has 0 fully saturated rings. The van der Waals surface area contributed by atoms with E-state index >= 15 is 0 Å². The lowest BCUT2D eigenvalue weighted by Crippen LogP contribution is -2.30. The number of hydrazine groups is 1. The van der Waals surface area contributed by atoms with E-state index in [0.717, 1.165) is 4.47 Å². The maximum Gasteiger partial charge on any atom is 0.269 e. The SMILES string of the molecule is Nc1c(NNC(=O)c2ccc(F)cc2)ncnc1Oc1ccc(Br)cc1. The molecule has 0 radical (unpaired) electrons. The van der Waals surface area contributed by atoms with Gasteiger partial charge in [0.05, 0.1) is 0 Å². The van der Waals surface area contributed by atoms with Gasteiger partial charge in [-0.25, -0.2) is 9.37 Å². The Morgan fingerprint density at radius 1 is 1.08 bits per heavy atom. The summed E-state index contributed by atoms with van der Waals surface area (Å²) in [7, 11) is 0. The molecule has 0 saturated heterocycles. The molecular formula is C17H13BrFN5O2. The van der Waals surface area contributed by atoms with Gasteiger partial charge in [0, 0.05) is 10.0 Å². The summed E-state index contributed by atoms with van der Waals surface area (Å²) in [6.45, 7) is 0. The topological polar surface area (TPSA) is 102 Å². The molecule has 26 heavy (non-hydrogen) atoms. The molecule has 0 spiro atoms. The highest BCUT2D eigenvalue weighted by Gasteiger charge is 2.12. The van der Waals surface area contributed by atoms with E-state index in [1.807, 2.05) is 12.1 Å². The van der Waals surface area contributed by atoms with Gasteiger partial charge in [-0.3, -0.25) is 15.6 Å². The van der Waals surface area contributed by atoms with Crippen LogP contribution in [-0.2, 0) is 0 Å². The van der Waals surface area contributed by atoms with Crippen molar-refractivity contribution in [2.75, 3.05) is 11.2 Å². The van der Waals surface area contributed by atoms with Crippen LogP contribution in [-0.4, -0.2) is 15.9 Å². The molecule has 3 aromatic rings. The minimum absolute atomic E-state index is 0.120. The predicted molar refractivity (Wildman–Crippen MR) is 98.1 cm³/mol. The van der Waals surface area contributed by atoms with Gasteiger partial charge in [-0.1, -0.05) is 15.9 Å². The molecule has 0 unspecified atom stereocenters. The highest BCUT2D eigenvalue weighted by Crippen LogP contribution is 2.29. The number of carbonyl (C=O) groups excluding carboxylic acids is 1. The number of nitrogens with two attached hydrogens (primary N) is 1. The summed E-state index contributed by atoms with van der Waals surface area (Å²) in [6, 6.07) is 12.2. The van der Waals surface area contributed by atoms with Gasteiger partial charge in [-0.15, -0.1) is 0 Å². The molecule has 0 atom stereocenters. The Kier molecular flexibility index (Phi) is 5.28. The molecule has 0 aliphatic heterocycles. The quantitative estimate of drug-likeness (QED) is 0.549. The largest absolute Gasteiger partial charge is 0.437 e. The lowest BCUT2D eigenvalue weighted by molar-refractivity contribution is 0.0962. The Labute approximate surface area is 156 Å². The van der Waals surface area contributed by atoms with Gasteiger partial charge >= 0.3 is 0 Å². The second-order valence-corrected chi connectivity index (χ2v) is 6.00. The molecule has 3 rings (SSSR count). The summed E-state index contributed by atoms with van der Waals surface area (Å²) in [5.41, 5.74) is 11.4. The number of anilines is 2. The number of carbonyl (C=O) groups is 1. The van der Waals surface area contributed by atoms with E-state index in [9.17, 15) is 9.18 Å². The van der Waals surface area contributed by atoms with Crippen molar-refractivity contribution >= 4 is 33.3 Å². The minimum Gasteiger partial charge on any atom is -0.437 e. The molecule has 7 nitrogen and oxygen atoms in total. The van der Waals surface area contributed by atoms with Crippen molar-refractivity contribution < 1.29 is 13.9 Å². The minimum atomic E-state index is -0.474. The van der Waals surface area contributed by atoms with Crippen LogP contribution in [0.1, 0.15) is 10.4 Å². The number of ether oxygens (including phenoxy) is 1. The van der Waals surface area contributed by atoms with Crippen molar-refractivity contribution in [3.05, 3.63) is 70.7 Å². The Morgan fingerprint density at radius 2 is 1.77 bits per heavy atom. The Hall–Kier alpha value is -3.20. The number of nitrogen functional groups attached to an aromatic ring is 1. The monoisotopic (exact) mass is 417 g/mol. The van der Waals surface area contributed by atoms with E-state index < -0.39 is 11.7 Å². The fourth-order valence-electron chi connectivity index (χ4n) is 1.96. The predicted octanol–water partition coefficient (Wildman–Crippen LogP) is 3.51. The van der Waals surface area contributed by atoms with Crippen LogP contribution >= 0.6 is 15.9 Å². The second-order valence-electron chi connectivity index (χ2n) is 5.08. The van der Waals surface area contributed by atoms with Crippen molar-refractivity contribution in [3.63, 3.8) is 0 Å². The number of hydrogen-bond donors (Lipinski definition) is 3. The van der Waals surface area contributed by atoms with Gasteiger partial charge in [-0.2, -0.15) is 4.98 Å². The number of halogens is 2. The van der Waals surface area contributed by atoms with E-state index in [1.54, 1.807) is 12.1 Å². The number of benzene rings is 2. The summed E-state index contributed by atoms with van der Waals surface area (Å²) in [5, 5.41) is 0. The summed E-state index contributed by atoms with van der Waals surface area (Å²) < 4.78 is 19.4. The first-order valence-electron chi connectivity index (χ1n) is 7.39. The molecule has 1 amide bonds. The Morgan fingerprint density at radius 3 is 2.46 bits per heavy atom. The molecular weight excluding hydrogens is 405 g/mol. The second kappa shape index (κ2) is 7.79. The maximum atomic E-state index is 12.9. The van der Waals surface area contributed by atoms with E-state index in [2.05, 4.69) is 36.7 Å².